The molecule has 0 saturated carbocycles. The van der Waals surface area contributed by atoms with Crippen molar-refractivity contribution in [2.45, 2.75) is 52.1 Å². The number of unbranched alkanes of at least 4 members (excludes halogenated alkanes) is 1. The Morgan fingerprint density at radius 3 is 0.928 bits per heavy atom. The Bertz CT molecular complexity index is 2430. The van der Waals surface area contributed by atoms with Crippen LogP contribution < -0.4 is 26.8 Å². The van der Waals surface area contributed by atoms with Crippen molar-refractivity contribution in [3.63, 3.8) is 0 Å². The van der Waals surface area contributed by atoms with E-state index in [1.54, 1.807) is 0 Å². The van der Waals surface area contributed by atoms with Crippen molar-refractivity contribution in [2.24, 2.45) is 5.92 Å². The zero-order valence-corrected chi connectivity index (χ0v) is 34.3. The molecule has 0 aliphatic rings. The van der Waals surface area contributed by atoms with Gasteiger partial charge in [-0.3, -0.25) is 0 Å². The fourth-order valence-corrected chi connectivity index (χ4v) is 7.64. The lowest BCUT2D eigenvalue weighted by Gasteiger charge is -2.44. The number of benzene rings is 5. The van der Waals surface area contributed by atoms with E-state index in [0.29, 0.717) is 29.8 Å². The van der Waals surface area contributed by atoms with Crippen molar-refractivity contribution in [3.05, 3.63) is 145 Å². The predicted molar refractivity (Wildman–Crippen MR) is 190 cm³/mol. The van der Waals surface area contributed by atoms with Crippen LogP contribution in [0.15, 0.2) is 6.07 Å². The van der Waals surface area contributed by atoms with Crippen LogP contribution >= 0.6 is 0 Å². The van der Waals surface area contributed by atoms with Gasteiger partial charge < -0.3 is 4.90 Å². The molecular weight excluding hydrogens is 1010 g/mol. The van der Waals surface area contributed by atoms with Crippen molar-refractivity contribution in [1.29, 1.82) is 0 Å². The molecule has 0 aliphatic carbocycles. The second-order valence-corrected chi connectivity index (χ2v) is 14.9. The van der Waals surface area contributed by atoms with Gasteiger partial charge in [0.2, 0.25) is 0 Å². The molecule has 69 heavy (non-hydrogen) atoms. The first-order valence-corrected chi connectivity index (χ1v) is 19.1. The summed E-state index contributed by atoms with van der Waals surface area (Å²) in [7, 11) is 1.46. The number of quaternary nitrogens is 1. The molecule has 0 heterocycles. The standard InChI is InChI=1S/C24BF20.C17H23F6N/c26-5-1(6(27)14(35)21(42)13(5)34)25(2-7(28)15(36)22(43)16(37)8(2)29,3-9(30)17(38)23(44)18(39)10(3)31)4-11(32)19(40)24(45)20(41)12(4)33;1-4-6-7-11(5-2)8-9-24(3)13-10-12(18)15(19)14(16(13)20)17(21,22)23/h;10-11H,4-9H2,1-3H3/q-1;/p+1. The molecule has 28 heteroatoms. The molecule has 5 aromatic carbocycles. The van der Waals surface area contributed by atoms with E-state index in [9.17, 15) is 79.0 Å². The van der Waals surface area contributed by atoms with Crippen LogP contribution in [0.1, 0.15) is 51.5 Å². The number of alkyl halides is 3. The molecule has 1 nitrogen and oxygen atoms in total. The summed E-state index contributed by atoms with van der Waals surface area (Å²) in [5.74, 6) is -76.6. The third kappa shape index (κ3) is 9.39. The molecule has 0 aromatic heterocycles. The van der Waals surface area contributed by atoms with E-state index in [0.717, 1.165) is 25.7 Å². The Morgan fingerprint density at radius 1 is 0.406 bits per heavy atom. The summed E-state index contributed by atoms with van der Waals surface area (Å²) < 4.78 is 373. The summed E-state index contributed by atoms with van der Waals surface area (Å²) in [4.78, 5) is 0.298. The van der Waals surface area contributed by atoms with Gasteiger partial charge in [0, 0.05) is 6.07 Å². The summed E-state index contributed by atoms with van der Waals surface area (Å²) in [5.41, 5.74) is -17.0. The molecule has 378 valence electrons. The molecule has 0 bridgehead atoms. The van der Waals surface area contributed by atoms with Gasteiger partial charge in [0.15, 0.2) is 92.9 Å². The van der Waals surface area contributed by atoms with Crippen molar-refractivity contribution in [2.75, 3.05) is 13.6 Å². The highest BCUT2D eigenvalue weighted by Gasteiger charge is 2.52. The molecular formula is C41H24BF26N. The van der Waals surface area contributed by atoms with Crippen molar-refractivity contribution >= 4 is 33.7 Å². The lowest BCUT2D eigenvalue weighted by atomic mass is 9.12. The highest BCUT2D eigenvalue weighted by Crippen LogP contribution is 2.37. The lowest BCUT2D eigenvalue weighted by Crippen LogP contribution is -3.04. The van der Waals surface area contributed by atoms with E-state index in [1.807, 2.05) is 6.92 Å². The largest absolute Gasteiger partial charge is 0.422 e. The second kappa shape index (κ2) is 20.7. The van der Waals surface area contributed by atoms with Gasteiger partial charge in [-0.05, 0) is 12.3 Å². The van der Waals surface area contributed by atoms with E-state index in [1.165, 1.54) is 7.05 Å². The van der Waals surface area contributed by atoms with E-state index in [2.05, 4.69) is 6.92 Å². The summed E-state index contributed by atoms with van der Waals surface area (Å²) >= 11 is 0. The molecule has 0 fully saturated rings. The fraction of sp³-hybridized carbons (Fsp3) is 0.268. The number of rotatable bonds is 12. The molecule has 5 aromatic rings. The van der Waals surface area contributed by atoms with Crippen LogP contribution in [0.3, 0.4) is 0 Å². The molecule has 2 unspecified atom stereocenters. The molecule has 0 amide bonds. The van der Waals surface area contributed by atoms with Crippen molar-refractivity contribution in [1.82, 2.24) is 0 Å². The van der Waals surface area contributed by atoms with Gasteiger partial charge in [0.1, 0.15) is 58.2 Å². The smallest absolute Gasteiger partial charge is 0.302 e. The number of hydrogen-bond acceptors (Lipinski definition) is 0. The first kappa shape index (κ1) is 55.9. The average Bonchev–Trinajstić information content (AvgIpc) is 3.29. The van der Waals surface area contributed by atoms with Gasteiger partial charge >= 0.3 is 6.18 Å². The topological polar surface area (TPSA) is 4.44 Å². The zero-order chi connectivity index (χ0) is 52.8. The minimum absolute atomic E-state index is 0.298. The quantitative estimate of drug-likeness (QED) is 0.0550. The molecule has 0 aliphatic heterocycles. The maximum Gasteiger partial charge on any atom is 0.422 e. The van der Waals surface area contributed by atoms with Crippen LogP contribution in [-0.2, 0) is 6.18 Å². The van der Waals surface area contributed by atoms with Crippen LogP contribution in [0.4, 0.5) is 120 Å². The van der Waals surface area contributed by atoms with E-state index in [4.69, 9.17) is 0 Å². The lowest BCUT2D eigenvalue weighted by molar-refractivity contribution is -0.812. The summed E-state index contributed by atoms with van der Waals surface area (Å²) in [6.07, 6.45) is -7.80. The van der Waals surface area contributed by atoms with E-state index in [-0.39, 0.29) is 0 Å². The van der Waals surface area contributed by atoms with Crippen LogP contribution in [0.25, 0.3) is 0 Å². The van der Waals surface area contributed by atoms with Crippen LogP contribution in [0.5, 0.6) is 0 Å². The van der Waals surface area contributed by atoms with Crippen LogP contribution in [-0.4, -0.2) is 19.7 Å². The van der Waals surface area contributed by atoms with Gasteiger partial charge in [-0.15, -0.1) is 21.9 Å². The Labute approximate surface area is 369 Å². The summed E-state index contributed by atoms with van der Waals surface area (Å²) in [6, 6.07) is 0.516. The normalized spacial score (nSPS) is 12.9. The number of hydrogen-bond donors (Lipinski definition) is 1. The molecule has 0 spiro atoms. The monoisotopic (exact) mass is 1040 g/mol. The predicted octanol–water partition coefficient (Wildman–Crippen LogP) is 10.7. The SMILES string of the molecule is CCCCC(CC)CC[NH+](C)c1cc(F)c(F)c(C(F)(F)F)c1F.Fc1c(F)c(F)c([B-](c2c(F)c(F)c(F)c(F)c2F)(c2c(F)c(F)c(F)c(F)c2F)c2c(F)c(F)c(F)c(F)c2F)c(F)c1F. The maximum absolute atomic E-state index is 15.4. The highest BCUT2D eigenvalue weighted by molar-refractivity contribution is 7.20. The van der Waals surface area contributed by atoms with Crippen LogP contribution in [0.2, 0.25) is 0 Å². The third-order valence-corrected chi connectivity index (χ3v) is 11.1. The molecule has 0 saturated heterocycles. The Hall–Kier alpha value is -5.70. The second-order valence-electron chi connectivity index (χ2n) is 14.9. The number of nitrogens with one attached hydrogen (secondary N) is 1. The first-order chi connectivity index (χ1) is 31.8. The molecule has 1 N–H and O–H groups in total. The Morgan fingerprint density at radius 2 is 0.681 bits per heavy atom. The Balaban J connectivity index is 0.000000365. The van der Waals surface area contributed by atoms with Gasteiger partial charge in [0.05, 0.1) is 13.6 Å². The highest BCUT2D eigenvalue weighted by atomic mass is 19.4. The fourth-order valence-electron chi connectivity index (χ4n) is 7.64. The Kier molecular flexibility index (Phi) is 16.8. The zero-order valence-electron chi connectivity index (χ0n) is 34.3. The van der Waals surface area contributed by atoms with Gasteiger partial charge in [-0.2, -0.15) is 17.6 Å². The van der Waals surface area contributed by atoms with Crippen molar-refractivity contribution in [3.8, 4) is 0 Å². The van der Waals surface area contributed by atoms with Gasteiger partial charge in [-0.1, -0.05) is 39.5 Å². The summed E-state index contributed by atoms with van der Waals surface area (Å²) in [6.45, 7) is 4.44. The minimum atomic E-state index is -7.22. The van der Waals surface area contributed by atoms with Gasteiger partial charge in [0.25, 0.3) is 0 Å². The molecule has 5 rings (SSSR count). The third-order valence-electron chi connectivity index (χ3n) is 11.1. The van der Waals surface area contributed by atoms with Crippen LogP contribution in [0, 0.1) is 140 Å². The maximum atomic E-state index is 15.4. The first-order valence-electron chi connectivity index (χ1n) is 19.1. The minimum Gasteiger partial charge on any atom is -0.302 e. The van der Waals surface area contributed by atoms with Crippen molar-refractivity contribution < 1.29 is 119 Å². The summed E-state index contributed by atoms with van der Waals surface area (Å²) in [5, 5.41) is 0. The molecule has 0 radical (unpaired) electrons. The average molecular weight is 1040 g/mol. The molecule has 2 atom stereocenters. The van der Waals surface area contributed by atoms with E-state index < -0.39 is 179 Å². The van der Waals surface area contributed by atoms with Gasteiger partial charge in [-0.25, -0.2) is 96.6 Å². The van der Waals surface area contributed by atoms with E-state index >= 15 is 35.1 Å². The number of halogens is 26.